The topological polar surface area (TPSA) is 68.0 Å². The van der Waals surface area contributed by atoms with Gasteiger partial charge in [-0.3, -0.25) is 9.78 Å². The van der Waals surface area contributed by atoms with Crippen LogP contribution in [0.2, 0.25) is 0 Å². The smallest absolute Gasteiger partial charge is 0.251 e. The van der Waals surface area contributed by atoms with Crippen molar-refractivity contribution in [2.24, 2.45) is 11.7 Å². The van der Waals surface area contributed by atoms with Gasteiger partial charge in [0, 0.05) is 30.0 Å². The molecule has 1 aromatic heterocycles. The Balaban J connectivity index is 2.64. The summed E-state index contributed by atoms with van der Waals surface area (Å²) in [6, 6.07) is 3.53. The fourth-order valence-corrected chi connectivity index (χ4v) is 1.74. The highest BCUT2D eigenvalue weighted by Crippen LogP contribution is 2.06. The molecule has 0 aliphatic rings. The Bertz CT molecular complexity index is 377. The third kappa shape index (κ3) is 4.53. The Hall–Kier alpha value is -1.42. The fourth-order valence-electron chi connectivity index (χ4n) is 1.74. The van der Waals surface area contributed by atoms with E-state index in [0.29, 0.717) is 18.0 Å². The molecule has 0 saturated heterocycles. The molecule has 1 amide bonds. The second-order valence-electron chi connectivity index (χ2n) is 4.72. The van der Waals surface area contributed by atoms with Crippen molar-refractivity contribution in [2.75, 3.05) is 6.54 Å². The first kappa shape index (κ1) is 13.6. The maximum atomic E-state index is 12.0. The highest BCUT2D eigenvalue weighted by Gasteiger charge is 2.13. The van der Waals surface area contributed by atoms with E-state index in [4.69, 9.17) is 5.73 Å². The van der Waals surface area contributed by atoms with Crippen molar-refractivity contribution in [3.8, 4) is 0 Å². The van der Waals surface area contributed by atoms with Gasteiger partial charge in [-0.25, -0.2) is 0 Å². The second kappa shape index (κ2) is 6.35. The van der Waals surface area contributed by atoms with Gasteiger partial charge >= 0.3 is 0 Å². The molecule has 1 atom stereocenters. The minimum Gasteiger partial charge on any atom is -0.348 e. The summed E-state index contributed by atoms with van der Waals surface area (Å²) in [5.41, 5.74) is 7.13. The van der Waals surface area contributed by atoms with Gasteiger partial charge in [-0.15, -0.1) is 0 Å². The average molecular weight is 235 g/mol. The molecule has 0 aliphatic heterocycles. The number of nitrogens with two attached hydrogens (primary N) is 1. The first-order valence-corrected chi connectivity index (χ1v) is 5.96. The van der Waals surface area contributed by atoms with Gasteiger partial charge in [0.25, 0.3) is 5.91 Å². The van der Waals surface area contributed by atoms with Gasteiger partial charge in [0.15, 0.2) is 0 Å². The van der Waals surface area contributed by atoms with Crippen LogP contribution in [-0.4, -0.2) is 23.5 Å². The Morgan fingerprint density at radius 2 is 2.24 bits per heavy atom. The highest BCUT2D eigenvalue weighted by molar-refractivity contribution is 5.94. The maximum Gasteiger partial charge on any atom is 0.251 e. The first-order valence-electron chi connectivity index (χ1n) is 5.96. The number of aryl methyl sites for hydroxylation is 1. The minimum absolute atomic E-state index is 0.0379. The van der Waals surface area contributed by atoms with Crippen LogP contribution in [0.3, 0.4) is 0 Å². The van der Waals surface area contributed by atoms with E-state index in [1.807, 2.05) is 6.92 Å². The first-order chi connectivity index (χ1) is 8.02. The third-order valence-electron chi connectivity index (χ3n) is 2.53. The number of nitrogens with zero attached hydrogens (tertiary/aromatic N) is 1. The lowest BCUT2D eigenvalue weighted by atomic mass is 10.0. The van der Waals surface area contributed by atoms with Crippen molar-refractivity contribution in [3.05, 3.63) is 29.6 Å². The van der Waals surface area contributed by atoms with Gasteiger partial charge in [-0.2, -0.15) is 0 Å². The number of carbonyl (C=O) groups is 1. The monoisotopic (exact) mass is 235 g/mol. The van der Waals surface area contributed by atoms with E-state index in [2.05, 4.69) is 24.1 Å². The van der Waals surface area contributed by atoms with Crippen LogP contribution in [0.25, 0.3) is 0 Å². The van der Waals surface area contributed by atoms with E-state index in [9.17, 15) is 4.79 Å². The van der Waals surface area contributed by atoms with E-state index in [1.165, 1.54) is 0 Å². The largest absolute Gasteiger partial charge is 0.348 e. The van der Waals surface area contributed by atoms with Crippen molar-refractivity contribution in [2.45, 2.75) is 33.2 Å². The Morgan fingerprint density at radius 1 is 1.53 bits per heavy atom. The minimum atomic E-state index is -0.0772. The lowest BCUT2D eigenvalue weighted by Crippen LogP contribution is -2.41. The predicted molar refractivity (Wildman–Crippen MR) is 68.7 cm³/mol. The van der Waals surface area contributed by atoms with Crippen LogP contribution in [-0.2, 0) is 0 Å². The molecule has 0 aliphatic carbocycles. The van der Waals surface area contributed by atoms with Crippen LogP contribution in [0.1, 0.15) is 36.3 Å². The van der Waals surface area contributed by atoms with E-state index in [-0.39, 0.29) is 11.9 Å². The quantitative estimate of drug-likeness (QED) is 0.812. The zero-order valence-corrected chi connectivity index (χ0v) is 10.7. The zero-order valence-electron chi connectivity index (χ0n) is 10.7. The average Bonchev–Trinajstić information content (AvgIpc) is 2.27. The standard InChI is InChI=1S/C13H21N3O/c1-9(2)6-12(8-14)16-13(17)11-4-5-15-10(3)7-11/h4-5,7,9,12H,6,8,14H2,1-3H3,(H,16,17). The molecule has 4 heteroatoms. The summed E-state index contributed by atoms with van der Waals surface area (Å²) in [6.45, 7) is 6.57. The normalized spacial score (nSPS) is 12.5. The third-order valence-corrected chi connectivity index (χ3v) is 2.53. The molecule has 0 aromatic carbocycles. The van der Waals surface area contributed by atoms with Gasteiger partial charge in [0.2, 0.25) is 0 Å². The van der Waals surface area contributed by atoms with E-state index in [0.717, 1.165) is 12.1 Å². The molecule has 0 spiro atoms. The van der Waals surface area contributed by atoms with Crippen LogP contribution < -0.4 is 11.1 Å². The number of hydrogen-bond acceptors (Lipinski definition) is 3. The number of rotatable bonds is 5. The summed E-state index contributed by atoms with van der Waals surface area (Å²) in [5, 5.41) is 2.95. The predicted octanol–water partition coefficient (Wildman–Crippen LogP) is 1.49. The van der Waals surface area contributed by atoms with E-state index in [1.54, 1.807) is 18.3 Å². The summed E-state index contributed by atoms with van der Waals surface area (Å²) < 4.78 is 0. The van der Waals surface area contributed by atoms with Crippen molar-refractivity contribution < 1.29 is 4.79 Å². The van der Waals surface area contributed by atoms with Crippen LogP contribution >= 0.6 is 0 Å². The Kier molecular flexibility index (Phi) is 5.10. The highest BCUT2D eigenvalue weighted by atomic mass is 16.1. The van der Waals surface area contributed by atoms with Gasteiger partial charge < -0.3 is 11.1 Å². The molecule has 0 fully saturated rings. The molecule has 0 saturated carbocycles. The van der Waals surface area contributed by atoms with E-state index >= 15 is 0 Å². The summed E-state index contributed by atoms with van der Waals surface area (Å²) in [5.74, 6) is 0.439. The van der Waals surface area contributed by atoms with Crippen molar-refractivity contribution in [1.29, 1.82) is 0 Å². The molecule has 1 aromatic rings. The van der Waals surface area contributed by atoms with Crippen LogP contribution in [0.5, 0.6) is 0 Å². The number of carbonyl (C=O) groups excluding carboxylic acids is 1. The second-order valence-corrected chi connectivity index (χ2v) is 4.72. The molecule has 94 valence electrons. The molecule has 1 rings (SSSR count). The van der Waals surface area contributed by atoms with Crippen molar-refractivity contribution >= 4 is 5.91 Å². The molecule has 0 radical (unpaired) electrons. The summed E-state index contributed by atoms with van der Waals surface area (Å²) >= 11 is 0. The molecule has 0 bridgehead atoms. The Morgan fingerprint density at radius 3 is 2.76 bits per heavy atom. The number of nitrogens with one attached hydrogen (secondary N) is 1. The number of pyridine rings is 1. The van der Waals surface area contributed by atoms with Crippen molar-refractivity contribution in [1.82, 2.24) is 10.3 Å². The molecular weight excluding hydrogens is 214 g/mol. The zero-order chi connectivity index (χ0) is 12.8. The molecular formula is C13H21N3O. The maximum absolute atomic E-state index is 12.0. The molecule has 17 heavy (non-hydrogen) atoms. The lowest BCUT2D eigenvalue weighted by molar-refractivity contribution is 0.0933. The number of amides is 1. The molecule has 3 N–H and O–H groups in total. The van der Waals surface area contributed by atoms with Crippen LogP contribution in [0.4, 0.5) is 0 Å². The van der Waals surface area contributed by atoms with Gasteiger partial charge in [0.1, 0.15) is 0 Å². The Labute approximate surface area is 103 Å². The summed E-state index contributed by atoms with van der Waals surface area (Å²) in [4.78, 5) is 16.0. The fraction of sp³-hybridized carbons (Fsp3) is 0.538. The van der Waals surface area contributed by atoms with Crippen molar-refractivity contribution in [3.63, 3.8) is 0 Å². The van der Waals surface area contributed by atoms with Gasteiger partial charge in [0.05, 0.1) is 0 Å². The lowest BCUT2D eigenvalue weighted by Gasteiger charge is -2.18. The SMILES string of the molecule is Cc1cc(C(=O)NC(CN)CC(C)C)ccn1. The molecule has 1 heterocycles. The van der Waals surface area contributed by atoms with E-state index < -0.39 is 0 Å². The molecule has 4 nitrogen and oxygen atoms in total. The van der Waals surface area contributed by atoms with Gasteiger partial charge in [-0.05, 0) is 31.4 Å². The number of aromatic nitrogens is 1. The number of hydrogen-bond donors (Lipinski definition) is 2. The summed E-state index contributed by atoms with van der Waals surface area (Å²) in [7, 11) is 0. The van der Waals surface area contributed by atoms with Gasteiger partial charge in [-0.1, -0.05) is 13.8 Å². The molecule has 1 unspecified atom stereocenters. The van der Waals surface area contributed by atoms with Crippen LogP contribution in [0, 0.1) is 12.8 Å². The summed E-state index contributed by atoms with van der Waals surface area (Å²) in [6.07, 6.45) is 2.54. The van der Waals surface area contributed by atoms with Crippen LogP contribution in [0.15, 0.2) is 18.3 Å².